The molecule has 1 saturated heterocycles. The molecule has 2 aromatic carbocycles. The van der Waals surface area contributed by atoms with Crippen molar-refractivity contribution in [2.75, 3.05) is 19.7 Å². The Labute approximate surface area is 162 Å². The van der Waals surface area contributed by atoms with Crippen LogP contribution in [0.1, 0.15) is 29.9 Å². The first-order valence-corrected chi connectivity index (χ1v) is 9.62. The van der Waals surface area contributed by atoms with Crippen molar-refractivity contribution in [1.82, 2.24) is 4.90 Å². The van der Waals surface area contributed by atoms with Crippen LogP contribution in [0.3, 0.4) is 0 Å². The van der Waals surface area contributed by atoms with Crippen molar-refractivity contribution in [2.45, 2.75) is 31.3 Å². The number of benzene rings is 2. The van der Waals surface area contributed by atoms with E-state index in [-0.39, 0.29) is 19.1 Å². The molecular formula is C22H23F2NO3. The summed E-state index contributed by atoms with van der Waals surface area (Å²) in [6.45, 7) is 0.761. The molecule has 0 radical (unpaired) electrons. The molecule has 0 bridgehead atoms. The standard InChI is InChI=1S/C22H23F2NO3/c23-21(24)20(26)14-6-5-11-25(12-14)22(27)28-13-19-17-9-3-1-7-15(17)16-8-2-4-10-18(16)19/h1-4,7-10,14,19-21,26H,5-6,11-13H2. The molecule has 1 fully saturated rings. The molecule has 4 nitrogen and oxygen atoms in total. The van der Waals surface area contributed by atoms with Gasteiger partial charge in [-0.15, -0.1) is 0 Å². The summed E-state index contributed by atoms with van der Waals surface area (Å²) in [6, 6.07) is 16.2. The van der Waals surface area contributed by atoms with Crippen molar-refractivity contribution < 1.29 is 23.4 Å². The number of amides is 1. The molecule has 0 aromatic heterocycles. The summed E-state index contributed by atoms with van der Waals surface area (Å²) in [6.07, 6.45) is -3.94. The molecule has 28 heavy (non-hydrogen) atoms. The second-order valence-corrected chi connectivity index (χ2v) is 7.48. The van der Waals surface area contributed by atoms with Gasteiger partial charge in [0.2, 0.25) is 0 Å². The summed E-state index contributed by atoms with van der Waals surface area (Å²) < 4.78 is 31.2. The van der Waals surface area contributed by atoms with Crippen LogP contribution in [0.4, 0.5) is 13.6 Å². The van der Waals surface area contributed by atoms with Gasteiger partial charge in [-0.3, -0.25) is 0 Å². The number of aliphatic hydroxyl groups is 1. The molecular weight excluding hydrogens is 364 g/mol. The van der Waals surface area contributed by atoms with E-state index < -0.39 is 24.5 Å². The van der Waals surface area contributed by atoms with Crippen molar-refractivity contribution in [3.05, 3.63) is 59.7 Å². The number of ether oxygens (including phenoxy) is 1. The van der Waals surface area contributed by atoms with E-state index in [9.17, 15) is 18.7 Å². The van der Waals surface area contributed by atoms with E-state index in [1.54, 1.807) is 0 Å². The fourth-order valence-corrected chi connectivity index (χ4v) is 4.35. The van der Waals surface area contributed by atoms with Gasteiger partial charge in [0.15, 0.2) is 0 Å². The lowest BCUT2D eigenvalue weighted by atomic mass is 9.93. The predicted molar refractivity (Wildman–Crippen MR) is 101 cm³/mol. The van der Waals surface area contributed by atoms with Gasteiger partial charge in [-0.05, 0) is 35.1 Å². The van der Waals surface area contributed by atoms with Crippen LogP contribution in [0, 0.1) is 5.92 Å². The highest BCUT2D eigenvalue weighted by Gasteiger charge is 2.34. The van der Waals surface area contributed by atoms with Crippen LogP contribution >= 0.6 is 0 Å². The normalized spacial score (nSPS) is 20.0. The molecule has 1 amide bonds. The van der Waals surface area contributed by atoms with Gasteiger partial charge in [-0.1, -0.05) is 48.5 Å². The topological polar surface area (TPSA) is 49.8 Å². The third kappa shape index (κ3) is 3.49. The second kappa shape index (κ2) is 7.87. The summed E-state index contributed by atoms with van der Waals surface area (Å²) in [5.74, 6) is -0.655. The number of likely N-dealkylation sites (tertiary alicyclic amines) is 1. The van der Waals surface area contributed by atoms with Gasteiger partial charge < -0.3 is 14.7 Å². The minimum Gasteiger partial charge on any atom is -0.448 e. The number of hydrogen-bond donors (Lipinski definition) is 1. The number of carbonyl (C=O) groups excluding carboxylic acids is 1. The highest BCUT2D eigenvalue weighted by atomic mass is 19.3. The molecule has 0 spiro atoms. The van der Waals surface area contributed by atoms with E-state index in [1.165, 1.54) is 4.90 Å². The fraction of sp³-hybridized carbons (Fsp3) is 0.409. The number of piperidine rings is 1. The quantitative estimate of drug-likeness (QED) is 0.852. The molecule has 2 atom stereocenters. The van der Waals surface area contributed by atoms with Crippen LogP contribution in [0.25, 0.3) is 11.1 Å². The van der Waals surface area contributed by atoms with Gasteiger partial charge in [-0.25, -0.2) is 13.6 Å². The summed E-state index contributed by atoms with van der Waals surface area (Å²) in [5, 5.41) is 9.64. The Kier molecular flexibility index (Phi) is 5.31. The van der Waals surface area contributed by atoms with E-state index in [4.69, 9.17) is 4.74 Å². The first-order chi connectivity index (χ1) is 13.6. The third-order valence-electron chi connectivity index (χ3n) is 5.79. The van der Waals surface area contributed by atoms with Crippen molar-refractivity contribution in [3.63, 3.8) is 0 Å². The lowest BCUT2D eigenvalue weighted by Gasteiger charge is -2.34. The number of nitrogens with zero attached hydrogens (tertiary/aromatic N) is 1. The average Bonchev–Trinajstić information content (AvgIpc) is 3.05. The largest absolute Gasteiger partial charge is 0.448 e. The highest BCUT2D eigenvalue weighted by molar-refractivity contribution is 5.79. The Morgan fingerprint density at radius 1 is 1.11 bits per heavy atom. The van der Waals surface area contributed by atoms with Crippen LogP contribution in [-0.4, -0.2) is 48.3 Å². The number of alkyl halides is 2. The van der Waals surface area contributed by atoms with Gasteiger partial charge in [0, 0.05) is 24.9 Å². The zero-order valence-electron chi connectivity index (χ0n) is 15.4. The molecule has 1 heterocycles. The van der Waals surface area contributed by atoms with E-state index in [1.807, 2.05) is 36.4 Å². The van der Waals surface area contributed by atoms with Gasteiger partial charge in [0.25, 0.3) is 6.43 Å². The van der Waals surface area contributed by atoms with Crippen molar-refractivity contribution in [3.8, 4) is 11.1 Å². The molecule has 1 aliphatic carbocycles. The summed E-state index contributed by atoms with van der Waals surface area (Å²) in [5.41, 5.74) is 4.55. The van der Waals surface area contributed by atoms with Crippen molar-refractivity contribution in [1.29, 1.82) is 0 Å². The van der Waals surface area contributed by atoms with Crippen LogP contribution in [0.5, 0.6) is 0 Å². The van der Waals surface area contributed by atoms with Crippen molar-refractivity contribution >= 4 is 6.09 Å². The van der Waals surface area contributed by atoms with E-state index in [0.717, 1.165) is 22.3 Å². The Bertz CT molecular complexity index is 812. The smallest absolute Gasteiger partial charge is 0.409 e. The molecule has 4 rings (SSSR count). The molecule has 1 aliphatic heterocycles. The minimum absolute atomic E-state index is 0.0383. The minimum atomic E-state index is -2.80. The molecule has 2 aliphatic rings. The number of halogens is 2. The maximum absolute atomic E-state index is 12.8. The summed E-state index contributed by atoms with van der Waals surface area (Å²) >= 11 is 0. The molecule has 0 saturated carbocycles. The van der Waals surface area contributed by atoms with Crippen molar-refractivity contribution in [2.24, 2.45) is 5.92 Å². The number of hydrogen-bond acceptors (Lipinski definition) is 3. The SMILES string of the molecule is O=C(OCC1c2ccccc2-c2ccccc21)N1CCCC(C(O)C(F)F)C1. The van der Waals surface area contributed by atoms with Crippen LogP contribution < -0.4 is 0 Å². The van der Waals surface area contributed by atoms with E-state index in [2.05, 4.69) is 12.1 Å². The molecule has 2 aromatic rings. The van der Waals surface area contributed by atoms with Gasteiger partial charge in [0.05, 0.1) is 0 Å². The molecule has 1 N–H and O–H groups in total. The predicted octanol–water partition coefficient (Wildman–Crippen LogP) is 4.27. The summed E-state index contributed by atoms with van der Waals surface area (Å²) in [4.78, 5) is 14.0. The Hall–Kier alpha value is -2.47. The molecule has 2 unspecified atom stereocenters. The van der Waals surface area contributed by atoms with Crippen LogP contribution in [0.15, 0.2) is 48.5 Å². The maximum atomic E-state index is 12.8. The van der Waals surface area contributed by atoms with E-state index >= 15 is 0 Å². The van der Waals surface area contributed by atoms with Gasteiger partial charge in [0.1, 0.15) is 12.7 Å². The number of aliphatic hydroxyl groups excluding tert-OH is 1. The highest BCUT2D eigenvalue weighted by Crippen LogP contribution is 2.44. The molecule has 148 valence electrons. The number of fused-ring (bicyclic) bond motifs is 3. The Morgan fingerprint density at radius 2 is 1.71 bits per heavy atom. The first-order valence-electron chi connectivity index (χ1n) is 9.62. The van der Waals surface area contributed by atoms with Gasteiger partial charge >= 0.3 is 6.09 Å². The maximum Gasteiger partial charge on any atom is 0.409 e. The number of carbonyl (C=O) groups is 1. The number of rotatable bonds is 4. The third-order valence-corrected chi connectivity index (χ3v) is 5.79. The van der Waals surface area contributed by atoms with Crippen LogP contribution in [-0.2, 0) is 4.74 Å². The lowest BCUT2D eigenvalue weighted by molar-refractivity contribution is -0.0553. The Balaban J connectivity index is 1.44. The zero-order valence-corrected chi connectivity index (χ0v) is 15.4. The second-order valence-electron chi connectivity index (χ2n) is 7.48. The van der Waals surface area contributed by atoms with Crippen LogP contribution in [0.2, 0.25) is 0 Å². The van der Waals surface area contributed by atoms with Gasteiger partial charge in [-0.2, -0.15) is 0 Å². The fourth-order valence-electron chi connectivity index (χ4n) is 4.35. The Morgan fingerprint density at radius 3 is 2.32 bits per heavy atom. The lowest BCUT2D eigenvalue weighted by Crippen LogP contribution is -2.45. The molecule has 6 heteroatoms. The summed E-state index contributed by atoms with van der Waals surface area (Å²) in [7, 11) is 0. The average molecular weight is 387 g/mol. The zero-order chi connectivity index (χ0) is 19.7. The monoisotopic (exact) mass is 387 g/mol. The first kappa shape index (κ1) is 18.9. The van der Waals surface area contributed by atoms with E-state index in [0.29, 0.717) is 19.4 Å².